The van der Waals surface area contributed by atoms with Crippen LogP contribution in [0.25, 0.3) is 0 Å². The van der Waals surface area contributed by atoms with Gasteiger partial charge in [-0.2, -0.15) is 0 Å². The molecule has 1 aromatic heterocycles. The normalized spacial score (nSPS) is 30.2. The lowest BCUT2D eigenvalue weighted by atomic mass is 9.99. The van der Waals surface area contributed by atoms with Crippen LogP contribution in [0.5, 0.6) is 0 Å². The Kier molecular flexibility index (Phi) is 5.52. The van der Waals surface area contributed by atoms with Crippen molar-refractivity contribution < 1.29 is 9.47 Å². The van der Waals surface area contributed by atoms with Crippen molar-refractivity contribution in [2.75, 3.05) is 32.8 Å². The third kappa shape index (κ3) is 4.09. The van der Waals surface area contributed by atoms with Gasteiger partial charge in [-0.3, -0.25) is 4.90 Å². The van der Waals surface area contributed by atoms with Crippen LogP contribution in [-0.4, -0.2) is 55.5 Å². The van der Waals surface area contributed by atoms with Crippen LogP contribution in [-0.2, 0) is 16.0 Å². The minimum Gasteiger partial charge on any atom is -0.377 e. The fraction of sp³-hybridized carbons (Fsp3) is 0.765. The fourth-order valence-corrected chi connectivity index (χ4v) is 4.08. The largest absolute Gasteiger partial charge is 0.377 e. The number of thiophene rings is 1. The summed E-state index contributed by atoms with van der Waals surface area (Å²) < 4.78 is 12.3. The molecule has 2 aliphatic rings. The van der Waals surface area contributed by atoms with Crippen LogP contribution in [0.3, 0.4) is 0 Å². The molecule has 2 atom stereocenters. The molecule has 0 amide bonds. The molecule has 0 aromatic carbocycles. The summed E-state index contributed by atoms with van der Waals surface area (Å²) in [6, 6.07) is 4.83. The first kappa shape index (κ1) is 16.4. The van der Waals surface area contributed by atoms with Gasteiger partial charge in [0.1, 0.15) is 5.60 Å². The molecule has 0 bridgehead atoms. The predicted molar refractivity (Wildman–Crippen MR) is 90.4 cm³/mol. The molecule has 2 saturated heterocycles. The van der Waals surface area contributed by atoms with Gasteiger partial charge in [-0.05, 0) is 38.1 Å². The van der Waals surface area contributed by atoms with Gasteiger partial charge < -0.3 is 14.8 Å². The maximum absolute atomic E-state index is 6.44. The molecule has 0 saturated carbocycles. The van der Waals surface area contributed by atoms with E-state index in [4.69, 9.17) is 9.47 Å². The van der Waals surface area contributed by atoms with Crippen LogP contribution in [0.1, 0.15) is 31.6 Å². The van der Waals surface area contributed by atoms with E-state index in [2.05, 4.69) is 41.6 Å². The second-order valence-corrected chi connectivity index (χ2v) is 7.82. The Morgan fingerprint density at radius 3 is 3.18 bits per heavy atom. The van der Waals surface area contributed by atoms with Crippen LogP contribution >= 0.6 is 11.3 Å². The van der Waals surface area contributed by atoms with Crippen molar-refractivity contribution >= 4 is 11.3 Å². The zero-order valence-corrected chi connectivity index (χ0v) is 14.5. The van der Waals surface area contributed by atoms with Gasteiger partial charge in [0.15, 0.2) is 0 Å². The van der Waals surface area contributed by atoms with Crippen LogP contribution in [0.15, 0.2) is 17.5 Å². The number of hydrogen-bond acceptors (Lipinski definition) is 5. The van der Waals surface area contributed by atoms with Gasteiger partial charge in [-0.15, -0.1) is 11.3 Å². The average Bonchev–Trinajstić information content (AvgIpc) is 3.07. The molecular weight excluding hydrogens is 296 g/mol. The zero-order valence-electron chi connectivity index (χ0n) is 13.7. The van der Waals surface area contributed by atoms with Gasteiger partial charge in [-0.25, -0.2) is 0 Å². The van der Waals surface area contributed by atoms with E-state index in [-0.39, 0.29) is 5.60 Å². The number of nitrogens with zero attached hydrogens (tertiary/aromatic N) is 1. The van der Waals surface area contributed by atoms with Crippen molar-refractivity contribution in [2.24, 2.45) is 0 Å². The first-order valence-electron chi connectivity index (χ1n) is 8.40. The minimum absolute atomic E-state index is 0.0873. The van der Waals surface area contributed by atoms with Gasteiger partial charge in [0.25, 0.3) is 0 Å². The molecule has 1 N–H and O–H groups in total. The second kappa shape index (κ2) is 7.41. The lowest BCUT2D eigenvalue weighted by molar-refractivity contribution is -0.0866. The highest BCUT2D eigenvalue weighted by atomic mass is 32.1. The van der Waals surface area contributed by atoms with E-state index >= 15 is 0 Å². The maximum Gasteiger partial charge on any atom is 0.105 e. The smallest absolute Gasteiger partial charge is 0.105 e. The molecule has 1 aromatic rings. The fourth-order valence-electron chi connectivity index (χ4n) is 3.41. The summed E-state index contributed by atoms with van der Waals surface area (Å²) in [6.45, 7) is 9.99. The Morgan fingerprint density at radius 1 is 1.50 bits per heavy atom. The van der Waals surface area contributed by atoms with Crippen molar-refractivity contribution in [3.8, 4) is 0 Å². The lowest BCUT2D eigenvalue weighted by Crippen LogP contribution is -2.47. The van der Waals surface area contributed by atoms with E-state index in [1.807, 2.05) is 0 Å². The van der Waals surface area contributed by atoms with Crippen LogP contribution in [0.4, 0.5) is 0 Å². The van der Waals surface area contributed by atoms with Crippen molar-refractivity contribution in [3.05, 3.63) is 22.4 Å². The monoisotopic (exact) mass is 324 g/mol. The second-order valence-electron chi connectivity index (χ2n) is 6.79. The SMILES string of the molecule is CC(C)N1CCOC[C@@]2(CC[C@H](CNCc3cccs3)O2)C1. The van der Waals surface area contributed by atoms with E-state index in [9.17, 15) is 0 Å². The van der Waals surface area contributed by atoms with Crippen LogP contribution < -0.4 is 5.32 Å². The summed E-state index contributed by atoms with van der Waals surface area (Å²) in [5.41, 5.74) is -0.0873. The van der Waals surface area contributed by atoms with Crippen LogP contribution in [0.2, 0.25) is 0 Å². The van der Waals surface area contributed by atoms with Gasteiger partial charge in [0.2, 0.25) is 0 Å². The van der Waals surface area contributed by atoms with Gasteiger partial charge >= 0.3 is 0 Å². The molecule has 1 spiro atoms. The maximum atomic E-state index is 6.44. The van der Waals surface area contributed by atoms with Gasteiger partial charge in [0.05, 0.1) is 19.3 Å². The predicted octanol–water partition coefficient (Wildman–Crippen LogP) is 2.50. The molecule has 0 radical (unpaired) electrons. The molecule has 124 valence electrons. The summed E-state index contributed by atoms with van der Waals surface area (Å²) >= 11 is 1.80. The molecule has 2 fully saturated rings. The molecule has 2 aliphatic heterocycles. The molecule has 4 nitrogen and oxygen atoms in total. The summed E-state index contributed by atoms with van der Waals surface area (Å²) in [5.74, 6) is 0. The molecule has 3 rings (SSSR count). The number of nitrogens with one attached hydrogen (secondary N) is 1. The van der Waals surface area contributed by atoms with Gasteiger partial charge in [-0.1, -0.05) is 6.07 Å². The molecule has 3 heterocycles. The molecular formula is C17H28N2O2S. The zero-order chi connectivity index (χ0) is 15.4. The highest BCUT2D eigenvalue weighted by Crippen LogP contribution is 2.33. The Labute approximate surface area is 137 Å². The first-order chi connectivity index (χ1) is 10.7. The summed E-state index contributed by atoms with van der Waals surface area (Å²) in [4.78, 5) is 3.88. The standard InChI is InChI=1S/C17H28N2O2S/c1-14(2)19-7-8-20-13-17(12-19)6-5-15(21-17)10-18-11-16-4-3-9-22-16/h3-4,9,14-15,18H,5-8,10-13H2,1-2H3/t15-,17-/m1/s1. The Bertz CT molecular complexity index is 452. The third-order valence-corrected chi connectivity index (χ3v) is 5.58. The summed E-state index contributed by atoms with van der Waals surface area (Å²) in [7, 11) is 0. The Hall–Kier alpha value is -0.460. The first-order valence-corrected chi connectivity index (χ1v) is 9.28. The molecule has 5 heteroatoms. The average molecular weight is 324 g/mol. The Morgan fingerprint density at radius 2 is 2.41 bits per heavy atom. The van der Waals surface area contributed by atoms with Crippen molar-refractivity contribution in [3.63, 3.8) is 0 Å². The van der Waals surface area contributed by atoms with E-state index in [0.29, 0.717) is 12.1 Å². The van der Waals surface area contributed by atoms with Crippen molar-refractivity contribution in [1.82, 2.24) is 10.2 Å². The minimum atomic E-state index is -0.0873. The summed E-state index contributed by atoms with van der Waals surface area (Å²) in [5, 5.41) is 5.66. The molecule has 0 unspecified atom stereocenters. The third-order valence-electron chi connectivity index (χ3n) is 4.70. The quantitative estimate of drug-likeness (QED) is 0.902. The van der Waals surface area contributed by atoms with E-state index in [1.54, 1.807) is 11.3 Å². The van der Waals surface area contributed by atoms with Gasteiger partial charge in [0, 0.05) is 37.1 Å². The van der Waals surface area contributed by atoms with Crippen molar-refractivity contribution in [2.45, 2.75) is 51.0 Å². The van der Waals surface area contributed by atoms with E-state index < -0.39 is 0 Å². The van der Waals surface area contributed by atoms with E-state index in [1.165, 1.54) is 4.88 Å². The van der Waals surface area contributed by atoms with Crippen LogP contribution in [0, 0.1) is 0 Å². The Balaban J connectivity index is 1.49. The lowest BCUT2D eigenvalue weighted by Gasteiger charge is -2.34. The molecule has 22 heavy (non-hydrogen) atoms. The van der Waals surface area contributed by atoms with Crippen molar-refractivity contribution in [1.29, 1.82) is 0 Å². The topological polar surface area (TPSA) is 33.7 Å². The number of ether oxygens (including phenoxy) is 2. The highest BCUT2D eigenvalue weighted by Gasteiger charge is 2.43. The van der Waals surface area contributed by atoms with E-state index in [0.717, 1.165) is 52.2 Å². The number of hydrogen-bond donors (Lipinski definition) is 1. The number of rotatable bonds is 5. The molecule has 0 aliphatic carbocycles. The highest BCUT2D eigenvalue weighted by molar-refractivity contribution is 7.09. The summed E-state index contributed by atoms with van der Waals surface area (Å²) in [6.07, 6.45) is 2.56.